The molecule has 0 fully saturated rings. The first-order valence-corrected chi connectivity index (χ1v) is 13.3. The number of rotatable bonds is 11. The van der Waals surface area contributed by atoms with Crippen molar-refractivity contribution in [3.8, 4) is 0 Å². The van der Waals surface area contributed by atoms with Crippen LogP contribution in [0, 0.1) is 26.7 Å². The molecule has 0 aliphatic rings. The third kappa shape index (κ3) is 6.45. The highest BCUT2D eigenvalue weighted by Gasteiger charge is 2.23. The molecule has 2 heterocycles. The Morgan fingerprint density at radius 3 is 2.61 bits per heavy atom. The second-order valence-corrected chi connectivity index (χ2v) is 10.7. The van der Waals surface area contributed by atoms with Crippen LogP contribution in [0.5, 0.6) is 0 Å². The number of aliphatic hydroxyl groups excluding tert-OH is 1. The number of aliphatic hydroxyl groups is 1. The summed E-state index contributed by atoms with van der Waals surface area (Å²) in [4.78, 5) is 14.8. The van der Waals surface area contributed by atoms with E-state index in [2.05, 4.69) is 61.5 Å². The number of hydrogen-bond acceptors (Lipinski definition) is 6. The summed E-state index contributed by atoms with van der Waals surface area (Å²) in [6, 6.07) is 14.1. The number of furan rings is 1. The number of benzene rings is 2. The third-order valence-corrected chi connectivity index (χ3v) is 7.08. The normalized spacial score (nSPS) is 13.0. The lowest BCUT2D eigenvalue weighted by Crippen LogP contribution is -2.26. The van der Waals surface area contributed by atoms with Crippen LogP contribution in [-0.4, -0.2) is 36.8 Å². The Morgan fingerprint density at radius 2 is 1.89 bits per heavy atom. The molecule has 4 rings (SSSR count). The molecule has 0 aliphatic heterocycles. The summed E-state index contributed by atoms with van der Waals surface area (Å²) in [6.07, 6.45) is 2.37. The molecule has 2 atom stereocenters. The molecule has 202 valence electrons. The number of aromatic nitrogens is 1. The topological polar surface area (TPSA) is 91.7 Å². The number of carbonyl (C=O) groups is 1. The van der Waals surface area contributed by atoms with Crippen LogP contribution in [-0.2, 0) is 17.6 Å². The first-order valence-electron chi connectivity index (χ1n) is 13.3. The van der Waals surface area contributed by atoms with Crippen molar-refractivity contribution in [2.24, 2.45) is 5.92 Å². The van der Waals surface area contributed by atoms with Crippen molar-refractivity contribution in [1.29, 1.82) is 0 Å². The molecule has 2 aromatic heterocycles. The van der Waals surface area contributed by atoms with E-state index in [1.807, 2.05) is 24.3 Å². The van der Waals surface area contributed by atoms with Gasteiger partial charge in [-0.15, -0.1) is 0 Å². The van der Waals surface area contributed by atoms with Crippen molar-refractivity contribution in [2.45, 2.75) is 59.5 Å². The van der Waals surface area contributed by atoms with E-state index in [9.17, 15) is 9.90 Å². The Morgan fingerprint density at radius 1 is 1.11 bits per heavy atom. The third-order valence-electron chi connectivity index (χ3n) is 7.08. The average Bonchev–Trinajstić information content (AvgIpc) is 3.44. The van der Waals surface area contributed by atoms with Crippen molar-refractivity contribution in [2.75, 3.05) is 25.5 Å². The molecular weight excluding hydrogens is 478 g/mol. The molecule has 1 amide bonds. The molecule has 0 aliphatic carbocycles. The van der Waals surface area contributed by atoms with Gasteiger partial charge in [0.25, 0.3) is 0 Å². The maximum absolute atomic E-state index is 12.6. The molecule has 2 unspecified atom stereocenters. The summed E-state index contributed by atoms with van der Waals surface area (Å²) < 4.78 is 11.0. The Hall–Kier alpha value is -3.58. The molecule has 0 saturated heterocycles. The van der Waals surface area contributed by atoms with Crippen LogP contribution in [0.25, 0.3) is 11.0 Å². The zero-order valence-electron chi connectivity index (χ0n) is 23.3. The van der Waals surface area contributed by atoms with E-state index < -0.39 is 6.10 Å². The Bertz CT molecular complexity index is 1380. The zero-order chi connectivity index (χ0) is 27.4. The lowest BCUT2D eigenvalue weighted by molar-refractivity contribution is -0.120. The van der Waals surface area contributed by atoms with E-state index in [0.717, 1.165) is 30.2 Å². The van der Waals surface area contributed by atoms with E-state index >= 15 is 0 Å². The van der Waals surface area contributed by atoms with Gasteiger partial charge >= 0.3 is 0 Å². The van der Waals surface area contributed by atoms with Crippen molar-refractivity contribution in [3.63, 3.8) is 0 Å². The van der Waals surface area contributed by atoms with Gasteiger partial charge in [-0.2, -0.15) is 0 Å². The van der Waals surface area contributed by atoms with Crippen LogP contribution in [0.2, 0.25) is 0 Å². The van der Waals surface area contributed by atoms with E-state index in [1.54, 1.807) is 13.8 Å². The minimum Gasteiger partial charge on any atom is -0.458 e. The number of fused-ring (bicyclic) bond motifs is 1. The summed E-state index contributed by atoms with van der Waals surface area (Å²) >= 11 is 0. The van der Waals surface area contributed by atoms with Gasteiger partial charge < -0.3 is 24.3 Å². The molecule has 0 radical (unpaired) electrons. The smallest absolute Gasteiger partial charge is 0.224 e. The maximum Gasteiger partial charge on any atom is 0.224 e. The van der Waals surface area contributed by atoms with Crippen LogP contribution in [0.4, 0.5) is 5.69 Å². The second kappa shape index (κ2) is 11.9. The highest BCUT2D eigenvalue weighted by Crippen LogP contribution is 2.32. The largest absolute Gasteiger partial charge is 0.458 e. The van der Waals surface area contributed by atoms with Gasteiger partial charge in [0.2, 0.25) is 5.91 Å². The van der Waals surface area contributed by atoms with Crippen molar-refractivity contribution in [1.82, 2.24) is 10.5 Å². The average molecular weight is 518 g/mol. The van der Waals surface area contributed by atoms with Crippen LogP contribution in [0.15, 0.2) is 51.4 Å². The molecule has 38 heavy (non-hydrogen) atoms. The first kappa shape index (κ1) is 27.5. The molecular formula is C31H39N3O4. The highest BCUT2D eigenvalue weighted by molar-refractivity contribution is 5.83. The summed E-state index contributed by atoms with van der Waals surface area (Å²) in [5.74, 6) is 1.53. The predicted molar refractivity (Wildman–Crippen MR) is 151 cm³/mol. The molecule has 7 heteroatoms. The van der Waals surface area contributed by atoms with Crippen LogP contribution in [0.3, 0.4) is 0 Å². The van der Waals surface area contributed by atoms with Gasteiger partial charge in [0.05, 0.1) is 17.7 Å². The molecule has 2 N–H and O–H groups in total. The number of nitrogens with zero attached hydrogens (tertiary/aromatic N) is 2. The van der Waals surface area contributed by atoms with Crippen LogP contribution in [0.1, 0.15) is 65.3 Å². The van der Waals surface area contributed by atoms with Crippen molar-refractivity contribution in [3.05, 3.63) is 81.9 Å². The van der Waals surface area contributed by atoms with Gasteiger partial charge in [0, 0.05) is 31.7 Å². The molecule has 2 aromatic carbocycles. The van der Waals surface area contributed by atoms with Gasteiger partial charge in [-0.1, -0.05) is 30.3 Å². The Labute approximate surface area is 224 Å². The molecule has 0 spiro atoms. The van der Waals surface area contributed by atoms with Crippen LogP contribution < -0.4 is 10.2 Å². The molecule has 0 saturated carbocycles. The molecule has 4 aromatic rings. The minimum atomic E-state index is -0.955. The maximum atomic E-state index is 12.6. The lowest BCUT2D eigenvalue weighted by Gasteiger charge is -2.20. The summed E-state index contributed by atoms with van der Waals surface area (Å²) in [6.45, 7) is 8.63. The van der Waals surface area contributed by atoms with Gasteiger partial charge in [-0.05, 0) is 86.9 Å². The fourth-order valence-electron chi connectivity index (χ4n) is 5.05. The van der Waals surface area contributed by atoms with Gasteiger partial charge in [-0.3, -0.25) is 4.79 Å². The van der Waals surface area contributed by atoms with Gasteiger partial charge in [0.15, 0.2) is 0 Å². The molecule has 0 bridgehead atoms. The van der Waals surface area contributed by atoms with E-state index in [0.29, 0.717) is 47.2 Å². The second-order valence-electron chi connectivity index (χ2n) is 10.7. The minimum absolute atomic E-state index is 0.00454. The van der Waals surface area contributed by atoms with Crippen molar-refractivity contribution < 1.29 is 18.8 Å². The zero-order valence-corrected chi connectivity index (χ0v) is 23.3. The number of carbonyl (C=O) groups excluding carboxylic acids is 1. The first-order chi connectivity index (χ1) is 18.1. The van der Waals surface area contributed by atoms with Gasteiger partial charge in [0.1, 0.15) is 23.2 Å². The number of anilines is 1. The summed E-state index contributed by atoms with van der Waals surface area (Å²) in [7, 11) is 4.18. The van der Waals surface area contributed by atoms with Crippen molar-refractivity contribution >= 4 is 22.6 Å². The fraction of sp³-hybridized carbons (Fsp3) is 0.419. The summed E-state index contributed by atoms with van der Waals surface area (Å²) in [5, 5.41) is 18.6. The monoisotopic (exact) mass is 517 g/mol. The Balaban J connectivity index is 1.27. The Kier molecular flexibility index (Phi) is 8.57. The number of nitrogens with one attached hydrogen (secondary N) is 1. The SMILES string of the molecule is Cc1ccc(CC(C)CCCNC(=O)Cc2ccc3oc(C(O)c4c(C)noc4C)cc3c2)c(N(C)C)c1. The number of aryl methyl sites for hydroxylation is 3. The number of amides is 1. The number of hydrogen-bond donors (Lipinski definition) is 2. The quantitative estimate of drug-likeness (QED) is 0.244. The lowest BCUT2D eigenvalue weighted by atomic mass is 9.94. The standard InChI is InChI=1S/C31H39N3O4/c1-19(14-24-11-9-20(2)15-26(24)34(5)6)8-7-13-32-29(35)17-23-10-12-27-25(16-23)18-28(37-27)31(36)30-21(3)33-38-22(30)4/h9-12,15-16,18-19,31,36H,7-8,13-14,17H2,1-6H3,(H,32,35). The summed E-state index contributed by atoms with van der Waals surface area (Å²) in [5.41, 5.74) is 6.74. The van der Waals surface area contributed by atoms with Crippen LogP contribution >= 0.6 is 0 Å². The highest BCUT2D eigenvalue weighted by atomic mass is 16.5. The van der Waals surface area contributed by atoms with E-state index in [4.69, 9.17) is 8.94 Å². The van der Waals surface area contributed by atoms with E-state index in [1.165, 1.54) is 16.8 Å². The van der Waals surface area contributed by atoms with E-state index in [-0.39, 0.29) is 5.91 Å². The van der Waals surface area contributed by atoms with Gasteiger partial charge in [-0.25, -0.2) is 0 Å². The molecule has 7 nitrogen and oxygen atoms in total. The predicted octanol–water partition coefficient (Wildman–Crippen LogP) is 5.81. The fourth-order valence-corrected chi connectivity index (χ4v) is 5.05.